The zero-order chi connectivity index (χ0) is 11.7. The second-order valence-corrected chi connectivity index (χ2v) is 3.58. The van der Waals surface area contributed by atoms with Crippen LogP contribution in [-0.4, -0.2) is 24.8 Å². The molecule has 0 spiro atoms. The minimum atomic E-state index is -0.239. The predicted molar refractivity (Wildman–Crippen MR) is 57.5 cm³/mol. The van der Waals surface area contributed by atoms with Gasteiger partial charge >= 0.3 is 0 Å². The SMILES string of the molecule is O=c1[nH]c2nncn2nc1CCc1ccco1. The van der Waals surface area contributed by atoms with Crippen LogP contribution in [0.1, 0.15) is 11.5 Å². The summed E-state index contributed by atoms with van der Waals surface area (Å²) in [7, 11) is 0. The van der Waals surface area contributed by atoms with Crippen molar-refractivity contribution in [2.24, 2.45) is 0 Å². The molecule has 17 heavy (non-hydrogen) atoms. The lowest BCUT2D eigenvalue weighted by atomic mass is 10.2. The monoisotopic (exact) mass is 231 g/mol. The topological polar surface area (TPSA) is 89.1 Å². The van der Waals surface area contributed by atoms with Gasteiger partial charge in [-0.25, -0.2) is 0 Å². The molecule has 7 heteroatoms. The van der Waals surface area contributed by atoms with E-state index in [-0.39, 0.29) is 5.56 Å². The van der Waals surface area contributed by atoms with Gasteiger partial charge < -0.3 is 4.42 Å². The molecule has 0 unspecified atom stereocenters. The molecule has 0 bridgehead atoms. The van der Waals surface area contributed by atoms with Gasteiger partial charge in [-0.15, -0.1) is 10.2 Å². The third kappa shape index (κ3) is 1.82. The maximum absolute atomic E-state index is 11.7. The molecule has 0 radical (unpaired) electrons. The minimum absolute atomic E-state index is 0.239. The number of H-pyrrole nitrogens is 1. The van der Waals surface area contributed by atoms with Crippen LogP contribution in [0.3, 0.4) is 0 Å². The van der Waals surface area contributed by atoms with Crippen LogP contribution in [-0.2, 0) is 12.8 Å². The molecule has 0 amide bonds. The molecule has 7 nitrogen and oxygen atoms in total. The van der Waals surface area contributed by atoms with Crippen LogP contribution in [0.25, 0.3) is 5.78 Å². The molecule has 0 aliphatic rings. The first-order valence-electron chi connectivity index (χ1n) is 5.14. The van der Waals surface area contributed by atoms with Gasteiger partial charge in [0, 0.05) is 12.8 Å². The summed E-state index contributed by atoms with van der Waals surface area (Å²) in [5.74, 6) is 1.17. The number of nitrogens with zero attached hydrogens (tertiary/aromatic N) is 4. The quantitative estimate of drug-likeness (QED) is 0.695. The lowest BCUT2D eigenvalue weighted by molar-refractivity contribution is 0.506. The van der Waals surface area contributed by atoms with Crippen molar-refractivity contribution >= 4 is 5.78 Å². The maximum atomic E-state index is 11.7. The van der Waals surface area contributed by atoms with E-state index >= 15 is 0 Å². The third-order valence-corrected chi connectivity index (χ3v) is 2.43. The van der Waals surface area contributed by atoms with Gasteiger partial charge in [-0.05, 0) is 12.1 Å². The molecule has 1 N–H and O–H groups in total. The number of aryl methyl sites for hydroxylation is 2. The summed E-state index contributed by atoms with van der Waals surface area (Å²) in [5, 5.41) is 11.5. The molecular formula is C10H9N5O2. The minimum Gasteiger partial charge on any atom is -0.469 e. The van der Waals surface area contributed by atoms with Crippen molar-refractivity contribution in [3.05, 3.63) is 46.5 Å². The highest BCUT2D eigenvalue weighted by atomic mass is 16.3. The predicted octanol–water partition coefficient (Wildman–Crippen LogP) is 0.191. The van der Waals surface area contributed by atoms with E-state index in [4.69, 9.17) is 4.42 Å². The van der Waals surface area contributed by atoms with E-state index in [1.165, 1.54) is 10.8 Å². The van der Waals surface area contributed by atoms with Crippen molar-refractivity contribution < 1.29 is 4.42 Å². The second-order valence-electron chi connectivity index (χ2n) is 3.58. The number of hydrogen-bond acceptors (Lipinski definition) is 5. The van der Waals surface area contributed by atoms with E-state index in [0.29, 0.717) is 24.3 Å². The average Bonchev–Trinajstić information content (AvgIpc) is 2.95. The summed E-state index contributed by atoms with van der Waals surface area (Å²) in [6.07, 6.45) is 4.20. The van der Waals surface area contributed by atoms with Gasteiger partial charge in [0.15, 0.2) is 0 Å². The lowest BCUT2D eigenvalue weighted by Gasteiger charge is -1.98. The summed E-state index contributed by atoms with van der Waals surface area (Å²) >= 11 is 0. The summed E-state index contributed by atoms with van der Waals surface area (Å²) in [6.45, 7) is 0. The number of fused-ring (bicyclic) bond motifs is 1. The molecule has 3 rings (SSSR count). The summed E-state index contributed by atoms with van der Waals surface area (Å²) in [5.41, 5.74) is 0.200. The first-order chi connectivity index (χ1) is 8.33. The number of furan rings is 1. The average molecular weight is 231 g/mol. The number of rotatable bonds is 3. The van der Waals surface area contributed by atoms with Gasteiger partial charge in [0.1, 0.15) is 17.8 Å². The fourth-order valence-electron chi connectivity index (χ4n) is 1.59. The number of hydrogen-bond donors (Lipinski definition) is 1. The highest BCUT2D eigenvalue weighted by Gasteiger charge is 2.07. The van der Waals surface area contributed by atoms with Crippen molar-refractivity contribution in [1.29, 1.82) is 0 Å². The van der Waals surface area contributed by atoms with Crippen LogP contribution < -0.4 is 5.56 Å². The largest absolute Gasteiger partial charge is 0.469 e. The third-order valence-electron chi connectivity index (χ3n) is 2.43. The Kier molecular flexibility index (Phi) is 2.21. The van der Waals surface area contributed by atoms with Crippen LogP contribution in [0.4, 0.5) is 0 Å². The molecule has 86 valence electrons. The number of aromatic nitrogens is 5. The van der Waals surface area contributed by atoms with Crippen molar-refractivity contribution in [2.45, 2.75) is 12.8 Å². The number of aromatic amines is 1. The summed E-state index contributed by atoms with van der Waals surface area (Å²) in [6, 6.07) is 3.68. The second kappa shape index (κ2) is 3.85. The van der Waals surface area contributed by atoms with Gasteiger partial charge in [0.2, 0.25) is 0 Å². The van der Waals surface area contributed by atoms with Crippen LogP contribution >= 0.6 is 0 Å². The Bertz CT molecular complexity index is 682. The van der Waals surface area contributed by atoms with Gasteiger partial charge in [0.05, 0.1) is 6.26 Å². The van der Waals surface area contributed by atoms with Crippen LogP contribution in [0, 0.1) is 0 Å². The van der Waals surface area contributed by atoms with Gasteiger partial charge in [-0.3, -0.25) is 9.78 Å². The van der Waals surface area contributed by atoms with Gasteiger partial charge in [0.25, 0.3) is 11.3 Å². The molecule has 0 saturated carbocycles. The molecule has 0 aliphatic carbocycles. The maximum Gasteiger partial charge on any atom is 0.274 e. The van der Waals surface area contributed by atoms with E-state index in [9.17, 15) is 4.79 Å². The molecule has 0 fully saturated rings. The summed E-state index contributed by atoms with van der Waals surface area (Å²) < 4.78 is 6.64. The van der Waals surface area contributed by atoms with Crippen LogP contribution in [0.15, 0.2) is 33.9 Å². The Hall–Kier alpha value is -2.44. The zero-order valence-electron chi connectivity index (χ0n) is 8.83. The molecule has 3 aromatic rings. The van der Waals surface area contributed by atoms with Crippen LogP contribution in [0.2, 0.25) is 0 Å². The van der Waals surface area contributed by atoms with Gasteiger partial charge in [-0.2, -0.15) is 9.61 Å². The van der Waals surface area contributed by atoms with E-state index in [1.54, 1.807) is 6.26 Å². The fourth-order valence-corrected chi connectivity index (χ4v) is 1.59. The summed E-state index contributed by atoms with van der Waals surface area (Å²) in [4.78, 5) is 14.3. The lowest BCUT2D eigenvalue weighted by Crippen LogP contribution is -2.18. The Labute approximate surface area is 95.1 Å². The Morgan fingerprint density at radius 3 is 3.18 bits per heavy atom. The molecule has 0 aliphatic heterocycles. The van der Waals surface area contributed by atoms with E-state index in [2.05, 4.69) is 20.3 Å². The van der Waals surface area contributed by atoms with Crippen molar-refractivity contribution in [3.8, 4) is 0 Å². The highest BCUT2D eigenvalue weighted by molar-refractivity contribution is 5.21. The molecule has 0 atom stereocenters. The Morgan fingerprint density at radius 1 is 1.41 bits per heavy atom. The number of nitrogens with one attached hydrogen (secondary N) is 1. The smallest absolute Gasteiger partial charge is 0.274 e. The zero-order valence-corrected chi connectivity index (χ0v) is 8.83. The molecule has 0 aromatic carbocycles. The Morgan fingerprint density at radius 2 is 2.35 bits per heavy atom. The van der Waals surface area contributed by atoms with E-state index in [1.807, 2.05) is 12.1 Å². The first kappa shape index (κ1) is 9.76. The normalized spacial score (nSPS) is 11.1. The molecule has 3 aromatic heterocycles. The van der Waals surface area contributed by atoms with Crippen molar-refractivity contribution in [3.63, 3.8) is 0 Å². The van der Waals surface area contributed by atoms with Gasteiger partial charge in [-0.1, -0.05) is 0 Å². The van der Waals surface area contributed by atoms with Crippen LogP contribution in [0.5, 0.6) is 0 Å². The van der Waals surface area contributed by atoms with Crippen molar-refractivity contribution in [1.82, 2.24) is 24.8 Å². The van der Waals surface area contributed by atoms with E-state index in [0.717, 1.165) is 5.76 Å². The highest BCUT2D eigenvalue weighted by Crippen LogP contribution is 2.03. The van der Waals surface area contributed by atoms with Crippen molar-refractivity contribution in [2.75, 3.05) is 0 Å². The molecule has 3 heterocycles. The standard InChI is InChI=1S/C10H9N5O2/c16-9-8(4-3-7-2-1-5-17-7)14-15-6-11-13-10(15)12-9/h1-2,5-6H,3-4H2,(H,12,13,16). The Balaban J connectivity index is 1.89. The molecular weight excluding hydrogens is 222 g/mol. The fraction of sp³-hybridized carbons (Fsp3) is 0.200. The molecule has 0 saturated heterocycles. The first-order valence-corrected chi connectivity index (χ1v) is 5.14. The van der Waals surface area contributed by atoms with E-state index < -0.39 is 0 Å².